The summed E-state index contributed by atoms with van der Waals surface area (Å²) in [6.45, 7) is 2.21. The summed E-state index contributed by atoms with van der Waals surface area (Å²) < 4.78 is 61.6. The number of imidazole rings is 1. The summed E-state index contributed by atoms with van der Waals surface area (Å²) in [6, 6.07) is 12.8. The molecule has 3 N–H and O–H groups in total. The van der Waals surface area contributed by atoms with Crippen molar-refractivity contribution in [2.75, 3.05) is 30.6 Å². The summed E-state index contributed by atoms with van der Waals surface area (Å²) >= 11 is 0. The second-order valence-electron chi connectivity index (χ2n) is 10.7. The summed E-state index contributed by atoms with van der Waals surface area (Å²) in [5.74, 6) is -1.89. The fourth-order valence-electron chi connectivity index (χ4n) is 5.63. The van der Waals surface area contributed by atoms with Gasteiger partial charge in [-0.05, 0) is 73.9 Å². The molecule has 1 saturated heterocycles. The van der Waals surface area contributed by atoms with E-state index in [-0.39, 0.29) is 52.5 Å². The number of halogens is 2. The number of nitrogens with one attached hydrogen (secondary N) is 3. The van der Waals surface area contributed by atoms with Crippen LogP contribution in [0.25, 0.3) is 33.3 Å². The number of aromatic amines is 1. The number of furan rings is 1. The molecule has 6 rings (SSSR count). The number of anilines is 1. The number of rotatable bonds is 7. The third kappa shape index (κ3) is 5.50. The molecule has 228 valence electrons. The lowest BCUT2D eigenvalue weighted by atomic mass is 9.88. The number of piperidine rings is 1. The van der Waals surface area contributed by atoms with Gasteiger partial charge in [0.05, 0.1) is 28.0 Å². The van der Waals surface area contributed by atoms with Crippen molar-refractivity contribution < 1.29 is 31.2 Å². The minimum absolute atomic E-state index is 0.0780. The SMILES string of the molecule is CCS(=O)(=O)Nc1cc2oc(-c3ccc(F)cc3)c(C(=O)NC)c2cc1[C@H]1CCCN(C(=O)c2nc3ccc(F)cc3[nH]2)C1. The van der Waals surface area contributed by atoms with Gasteiger partial charge in [-0.3, -0.25) is 14.3 Å². The predicted octanol–water partition coefficient (Wildman–Crippen LogP) is 5.40. The van der Waals surface area contributed by atoms with Crippen molar-refractivity contribution >= 4 is 49.5 Å². The molecule has 1 fully saturated rings. The fourth-order valence-corrected chi connectivity index (χ4v) is 6.29. The maximum Gasteiger partial charge on any atom is 0.289 e. The Balaban J connectivity index is 1.44. The number of H-pyrrole nitrogens is 1. The molecule has 3 heterocycles. The summed E-state index contributed by atoms with van der Waals surface area (Å²) in [4.78, 5) is 35.5. The summed E-state index contributed by atoms with van der Waals surface area (Å²) in [6.07, 6.45) is 1.26. The molecule has 1 aliphatic rings. The van der Waals surface area contributed by atoms with E-state index in [1.165, 1.54) is 56.4 Å². The van der Waals surface area contributed by atoms with E-state index in [9.17, 15) is 26.8 Å². The number of likely N-dealkylation sites (tertiary alicyclic amines) is 1. The number of sulfonamides is 1. The third-order valence-corrected chi connectivity index (χ3v) is 9.15. The number of hydrogen-bond donors (Lipinski definition) is 3. The Bertz CT molecular complexity index is 2020. The Morgan fingerprint density at radius 1 is 1.09 bits per heavy atom. The van der Waals surface area contributed by atoms with Crippen molar-refractivity contribution in [1.82, 2.24) is 20.2 Å². The molecule has 10 nitrogen and oxygen atoms in total. The molecule has 0 bridgehead atoms. The zero-order chi connectivity index (χ0) is 31.2. The van der Waals surface area contributed by atoms with E-state index >= 15 is 0 Å². The van der Waals surface area contributed by atoms with Gasteiger partial charge in [0.2, 0.25) is 10.0 Å². The topological polar surface area (TPSA) is 137 Å². The van der Waals surface area contributed by atoms with Gasteiger partial charge >= 0.3 is 0 Å². The van der Waals surface area contributed by atoms with Crippen molar-refractivity contribution in [2.24, 2.45) is 0 Å². The number of nitrogens with zero attached hydrogens (tertiary/aromatic N) is 2. The zero-order valence-electron chi connectivity index (χ0n) is 23.9. The zero-order valence-corrected chi connectivity index (χ0v) is 24.7. The Morgan fingerprint density at radius 2 is 1.84 bits per heavy atom. The van der Waals surface area contributed by atoms with Gasteiger partial charge in [0.1, 0.15) is 23.0 Å². The van der Waals surface area contributed by atoms with Crippen LogP contribution in [0.1, 0.15) is 52.2 Å². The first kappa shape index (κ1) is 29.3. The third-order valence-electron chi connectivity index (χ3n) is 7.86. The van der Waals surface area contributed by atoms with Gasteiger partial charge in [-0.25, -0.2) is 22.2 Å². The number of carbonyl (C=O) groups is 2. The monoisotopic (exact) mass is 621 g/mol. The highest BCUT2D eigenvalue weighted by Crippen LogP contribution is 2.41. The lowest BCUT2D eigenvalue weighted by Crippen LogP contribution is -2.39. The number of aromatic nitrogens is 2. The number of carbonyl (C=O) groups excluding carboxylic acids is 2. The van der Waals surface area contributed by atoms with E-state index < -0.39 is 27.6 Å². The quantitative estimate of drug-likeness (QED) is 0.223. The van der Waals surface area contributed by atoms with E-state index in [2.05, 4.69) is 20.0 Å². The van der Waals surface area contributed by atoms with Crippen LogP contribution < -0.4 is 10.0 Å². The second kappa shape index (κ2) is 11.4. The molecule has 13 heteroatoms. The second-order valence-corrected chi connectivity index (χ2v) is 12.7. The summed E-state index contributed by atoms with van der Waals surface area (Å²) in [5.41, 5.74) is 2.69. The van der Waals surface area contributed by atoms with Crippen molar-refractivity contribution in [3.63, 3.8) is 0 Å². The Hall–Kier alpha value is -4.78. The number of benzene rings is 3. The molecule has 1 aliphatic heterocycles. The van der Waals surface area contributed by atoms with Crippen LogP contribution in [-0.4, -0.2) is 61.0 Å². The van der Waals surface area contributed by atoms with Gasteiger partial charge in [0, 0.05) is 43.1 Å². The summed E-state index contributed by atoms with van der Waals surface area (Å²) in [5, 5.41) is 3.07. The molecule has 0 radical (unpaired) electrons. The van der Waals surface area contributed by atoms with Crippen LogP contribution in [0.15, 0.2) is 59.0 Å². The van der Waals surface area contributed by atoms with Crippen LogP contribution in [0.3, 0.4) is 0 Å². The molecule has 0 saturated carbocycles. The molecule has 1 atom stereocenters. The van der Waals surface area contributed by atoms with Crippen LogP contribution in [0, 0.1) is 11.6 Å². The van der Waals surface area contributed by atoms with Crippen LogP contribution in [0.2, 0.25) is 0 Å². The molecule has 0 spiro atoms. The van der Waals surface area contributed by atoms with Crippen molar-refractivity contribution in [1.29, 1.82) is 0 Å². The summed E-state index contributed by atoms with van der Waals surface area (Å²) in [7, 11) is -2.23. The largest absolute Gasteiger partial charge is 0.455 e. The van der Waals surface area contributed by atoms with E-state index in [1.54, 1.807) is 17.0 Å². The minimum atomic E-state index is -3.71. The van der Waals surface area contributed by atoms with E-state index in [0.29, 0.717) is 46.9 Å². The average molecular weight is 622 g/mol. The predicted molar refractivity (Wildman–Crippen MR) is 162 cm³/mol. The maximum atomic E-state index is 13.7. The number of amides is 2. The maximum absolute atomic E-state index is 13.7. The molecular formula is C31H29F2N5O5S. The number of hydrogen-bond acceptors (Lipinski definition) is 6. The van der Waals surface area contributed by atoms with E-state index in [0.717, 1.165) is 0 Å². The van der Waals surface area contributed by atoms with Gasteiger partial charge in [-0.15, -0.1) is 0 Å². The van der Waals surface area contributed by atoms with Gasteiger partial charge in [0.25, 0.3) is 11.8 Å². The smallest absolute Gasteiger partial charge is 0.289 e. The van der Waals surface area contributed by atoms with Crippen molar-refractivity contribution in [3.05, 3.63) is 83.2 Å². The van der Waals surface area contributed by atoms with Crippen molar-refractivity contribution in [2.45, 2.75) is 25.7 Å². The molecular weight excluding hydrogens is 592 g/mol. The molecule has 0 aliphatic carbocycles. The molecule has 2 aromatic heterocycles. The van der Waals surface area contributed by atoms with Crippen LogP contribution in [0.5, 0.6) is 0 Å². The lowest BCUT2D eigenvalue weighted by Gasteiger charge is -2.33. The first-order valence-electron chi connectivity index (χ1n) is 14.1. The van der Waals surface area contributed by atoms with Crippen LogP contribution in [-0.2, 0) is 10.0 Å². The van der Waals surface area contributed by atoms with Crippen molar-refractivity contribution in [3.8, 4) is 11.3 Å². The molecule has 0 unspecified atom stereocenters. The lowest BCUT2D eigenvalue weighted by molar-refractivity contribution is 0.0696. The van der Waals surface area contributed by atoms with Gasteiger partial charge in [-0.1, -0.05) is 0 Å². The number of fused-ring (bicyclic) bond motifs is 2. The molecule has 44 heavy (non-hydrogen) atoms. The normalized spacial score (nSPS) is 15.5. The molecule has 5 aromatic rings. The Kier molecular flexibility index (Phi) is 7.58. The van der Waals surface area contributed by atoms with Crippen LogP contribution in [0.4, 0.5) is 14.5 Å². The van der Waals surface area contributed by atoms with E-state index in [1.807, 2.05) is 0 Å². The molecule has 2 amide bonds. The minimum Gasteiger partial charge on any atom is -0.455 e. The van der Waals surface area contributed by atoms with Gasteiger partial charge in [0.15, 0.2) is 5.82 Å². The fraction of sp³-hybridized carbons (Fsp3) is 0.258. The standard InChI is InChI=1S/C31H29F2N5O5S/c1-3-44(41,42)37-24-15-26-22(27(30(39)34-2)28(43-26)17-6-8-19(32)9-7-17)14-21(24)18-5-4-12-38(16-18)31(40)29-35-23-11-10-20(33)13-25(23)36-29/h6-11,13-15,18,37H,3-5,12,16H2,1-2H3,(H,34,39)(H,35,36)/t18-/m0/s1. The van der Waals surface area contributed by atoms with Gasteiger partial charge in [-0.2, -0.15) is 0 Å². The Labute approximate surface area is 251 Å². The first-order valence-corrected chi connectivity index (χ1v) is 15.8. The van der Waals surface area contributed by atoms with E-state index in [4.69, 9.17) is 4.42 Å². The average Bonchev–Trinajstić information content (AvgIpc) is 3.61. The van der Waals surface area contributed by atoms with Crippen LogP contribution >= 0.6 is 0 Å². The Morgan fingerprint density at radius 3 is 2.57 bits per heavy atom. The highest BCUT2D eigenvalue weighted by molar-refractivity contribution is 7.92. The molecule has 3 aromatic carbocycles. The highest BCUT2D eigenvalue weighted by Gasteiger charge is 2.31. The first-order chi connectivity index (χ1) is 21.1. The van der Waals surface area contributed by atoms with Gasteiger partial charge < -0.3 is 19.6 Å². The highest BCUT2D eigenvalue weighted by atomic mass is 32.2.